The van der Waals surface area contributed by atoms with Gasteiger partial charge in [-0.25, -0.2) is 4.98 Å². The van der Waals surface area contributed by atoms with Gasteiger partial charge in [-0.3, -0.25) is 9.20 Å². The van der Waals surface area contributed by atoms with Crippen molar-refractivity contribution in [3.8, 4) is 0 Å². The molecule has 5 nitrogen and oxygen atoms in total. The fourth-order valence-corrected chi connectivity index (χ4v) is 3.27. The van der Waals surface area contributed by atoms with Crippen LogP contribution in [0.4, 0.5) is 0 Å². The van der Waals surface area contributed by atoms with Crippen LogP contribution in [0.3, 0.4) is 0 Å². The zero-order chi connectivity index (χ0) is 15.3. The molecule has 0 aromatic carbocycles. The van der Waals surface area contributed by atoms with Crippen LogP contribution in [-0.2, 0) is 11.2 Å². The van der Waals surface area contributed by atoms with E-state index in [1.165, 1.54) is 0 Å². The van der Waals surface area contributed by atoms with Gasteiger partial charge in [0.2, 0.25) is 5.91 Å². The van der Waals surface area contributed by atoms with E-state index in [1.807, 2.05) is 22.2 Å². The first kappa shape index (κ1) is 16.0. The largest absolute Gasteiger partial charge is 0.396 e. The summed E-state index contributed by atoms with van der Waals surface area (Å²) >= 11 is 1.56. The van der Waals surface area contributed by atoms with Crippen LogP contribution < -0.4 is 5.32 Å². The summed E-state index contributed by atoms with van der Waals surface area (Å²) in [5, 5.41) is 14.2. The van der Waals surface area contributed by atoms with E-state index in [0.717, 1.165) is 29.9 Å². The van der Waals surface area contributed by atoms with Crippen molar-refractivity contribution in [3.63, 3.8) is 0 Å². The molecule has 0 aliphatic rings. The van der Waals surface area contributed by atoms with Gasteiger partial charge in [0.15, 0.2) is 4.96 Å². The summed E-state index contributed by atoms with van der Waals surface area (Å²) in [6.45, 7) is 4.99. The minimum atomic E-state index is -0.00929. The van der Waals surface area contributed by atoms with Crippen molar-refractivity contribution in [3.05, 3.63) is 23.5 Å². The highest BCUT2D eigenvalue weighted by atomic mass is 32.1. The van der Waals surface area contributed by atoms with Gasteiger partial charge in [0.05, 0.1) is 12.1 Å². The number of rotatable bonds is 8. The van der Waals surface area contributed by atoms with E-state index in [4.69, 9.17) is 0 Å². The molecule has 2 rings (SSSR count). The van der Waals surface area contributed by atoms with E-state index in [1.54, 1.807) is 11.3 Å². The molecule has 0 saturated carbocycles. The molecule has 2 heterocycles. The number of amides is 1. The monoisotopic (exact) mass is 309 g/mol. The molecule has 116 valence electrons. The zero-order valence-electron chi connectivity index (χ0n) is 12.6. The minimum Gasteiger partial charge on any atom is -0.396 e. The number of carbonyl (C=O) groups excluding carboxylic acids is 1. The normalized spacial score (nSPS) is 12.0. The summed E-state index contributed by atoms with van der Waals surface area (Å²) in [6, 6.07) is 0. The zero-order valence-corrected chi connectivity index (χ0v) is 13.4. The van der Waals surface area contributed by atoms with Crippen molar-refractivity contribution in [1.82, 2.24) is 14.7 Å². The second-order valence-corrected chi connectivity index (χ2v) is 6.33. The van der Waals surface area contributed by atoms with Crippen LogP contribution in [-0.4, -0.2) is 33.6 Å². The first-order valence-corrected chi connectivity index (χ1v) is 8.29. The average Bonchev–Trinajstić information content (AvgIpc) is 3.04. The van der Waals surface area contributed by atoms with E-state index in [-0.39, 0.29) is 17.9 Å². The Morgan fingerprint density at radius 3 is 2.86 bits per heavy atom. The molecule has 1 amide bonds. The number of aliphatic hydroxyl groups excluding tert-OH is 1. The summed E-state index contributed by atoms with van der Waals surface area (Å²) < 4.78 is 1.93. The highest BCUT2D eigenvalue weighted by Crippen LogP contribution is 2.29. The summed E-state index contributed by atoms with van der Waals surface area (Å²) in [5.74, 6) is -0.00929. The number of nitrogens with zero attached hydrogens (tertiary/aromatic N) is 2. The second-order valence-electron chi connectivity index (χ2n) is 5.46. The molecule has 0 radical (unpaired) electrons. The molecule has 2 N–H and O–H groups in total. The lowest BCUT2D eigenvalue weighted by Crippen LogP contribution is -2.38. The Hall–Kier alpha value is -1.40. The maximum Gasteiger partial charge on any atom is 0.226 e. The maximum absolute atomic E-state index is 12.1. The minimum absolute atomic E-state index is 0.00103. The van der Waals surface area contributed by atoms with Gasteiger partial charge in [0.25, 0.3) is 0 Å². The Labute approximate surface area is 129 Å². The number of fused-ring (bicyclic) bond motifs is 1. The third-order valence-electron chi connectivity index (χ3n) is 4.29. The first-order valence-electron chi connectivity index (χ1n) is 7.41. The van der Waals surface area contributed by atoms with Crippen molar-refractivity contribution < 1.29 is 9.90 Å². The highest BCUT2D eigenvalue weighted by Gasteiger charge is 2.26. The van der Waals surface area contributed by atoms with Gasteiger partial charge in [-0.15, -0.1) is 11.3 Å². The fraction of sp³-hybridized carbons (Fsp3) is 0.600. The first-order chi connectivity index (χ1) is 10.1. The molecule has 0 aliphatic carbocycles. The topological polar surface area (TPSA) is 66.6 Å². The molecular formula is C15H23N3O2S. The summed E-state index contributed by atoms with van der Waals surface area (Å²) in [7, 11) is 0. The van der Waals surface area contributed by atoms with Gasteiger partial charge in [-0.2, -0.15) is 0 Å². The van der Waals surface area contributed by atoms with E-state index in [9.17, 15) is 9.90 Å². The number of aromatic nitrogens is 2. The molecule has 6 heteroatoms. The predicted octanol–water partition coefficient (Wildman–Crippen LogP) is 2.24. The Morgan fingerprint density at radius 2 is 2.24 bits per heavy atom. The van der Waals surface area contributed by atoms with Crippen LogP contribution in [0.2, 0.25) is 0 Å². The van der Waals surface area contributed by atoms with Crippen molar-refractivity contribution in [1.29, 1.82) is 0 Å². The molecule has 2 aromatic rings. The Morgan fingerprint density at radius 1 is 1.48 bits per heavy atom. The summed E-state index contributed by atoms with van der Waals surface area (Å²) in [4.78, 5) is 17.4. The van der Waals surface area contributed by atoms with Gasteiger partial charge >= 0.3 is 0 Å². The second kappa shape index (κ2) is 7.04. The third kappa shape index (κ3) is 3.83. The van der Waals surface area contributed by atoms with Gasteiger partial charge in [-0.05, 0) is 24.7 Å². The number of carbonyl (C=O) groups is 1. The van der Waals surface area contributed by atoms with Gasteiger partial charge in [-0.1, -0.05) is 13.8 Å². The Kier molecular flexibility index (Phi) is 5.36. The Bertz CT molecular complexity index is 558. The molecule has 0 spiro atoms. The molecule has 0 unspecified atom stereocenters. The maximum atomic E-state index is 12.1. The van der Waals surface area contributed by atoms with E-state index < -0.39 is 0 Å². The molecule has 0 fully saturated rings. The number of hydrogen-bond donors (Lipinski definition) is 2. The van der Waals surface area contributed by atoms with Gasteiger partial charge in [0.1, 0.15) is 0 Å². The third-order valence-corrected chi connectivity index (χ3v) is 5.06. The van der Waals surface area contributed by atoms with E-state index in [0.29, 0.717) is 13.0 Å². The van der Waals surface area contributed by atoms with E-state index >= 15 is 0 Å². The van der Waals surface area contributed by atoms with Gasteiger partial charge < -0.3 is 10.4 Å². The number of thiazole rings is 1. The van der Waals surface area contributed by atoms with Crippen molar-refractivity contribution in [2.45, 2.75) is 39.5 Å². The number of hydrogen-bond acceptors (Lipinski definition) is 4. The quantitative estimate of drug-likeness (QED) is 0.786. The lowest BCUT2D eigenvalue weighted by atomic mass is 9.79. The lowest BCUT2D eigenvalue weighted by molar-refractivity contribution is -0.121. The Balaban J connectivity index is 1.90. The van der Waals surface area contributed by atoms with E-state index in [2.05, 4.69) is 24.1 Å². The van der Waals surface area contributed by atoms with Gasteiger partial charge in [0, 0.05) is 30.9 Å². The molecule has 0 aliphatic heterocycles. The van der Waals surface area contributed by atoms with Crippen LogP contribution in [0.1, 0.15) is 38.8 Å². The highest BCUT2D eigenvalue weighted by molar-refractivity contribution is 7.15. The van der Waals surface area contributed by atoms with Crippen LogP contribution in [0.5, 0.6) is 0 Å². The van der Waals surface area contributed by atoms with Crippen molar-refractivity contribution in [2.75, 3.05) is 13.2 Å². The van der Waals surface area contributed by atoms with Crippen LogP contribution in [0, 0.1) is 5.41 Å². The molecule has 0 saturated heterocycles. The van der Waals surface area contributed by atoms with Crippen molar-refractivity contribution in [2.24, 2.45) is 5.41 Å². The molecule has 21 heavy (non-hydrogen) atoms. The number of aliphatic hydroxyl groups is 1. The molecule has 2 aromatic heterocycles. The van der Waals surface area contributed by atoms with Crippen LogP contribution >= 0.6 is 11.3 Å². The summed E-state index contributed by atoms with van der Waals surface area (Å²) in [5.41, 5.74) is 0.791. The standard InChI is InChI=1S/C15H23N3O2S/c1-3-15(4-2,5-7-19)11-16-13(20)9-12-10-18-6-8-21-14(18)17-12/h6,8,10,19H,3-5,7,9,11H2,1-2H3,(H,16,20). The van der Waals surface area contributed by atoms with Crippen LogP contribution in [0.15, 0.2) is 17.8 Å². The van der Waals surface area contributed by atoms with Crippen molar-refractivity contribution >= 4 is 22.2 Å². The lowest BCUT2D eigenvalue weighted by Gasteiger charge is -2.31. The molecule has 0 atom stereocenters. The smallest absolute Gasteiger partial charge is 0.226 e. The number of nitrogens with one attached hydrogen (secondary N) is 1. The average molecular weight is 309 g/mol. The molecular weight excluding hydrogens is 286 g/mol. The summed E-state index contributed by atoms with van der Waals surface area (Å²) in [6.07, 6.45) is 6.76. The van der Waals surface area contributed by atoms with Crippen LogP contribution in [0.25, 0.3) is 4.96 Å². The molecule has 0 bridgehead atoms. The predicted molar refractivity (Wildman–Crippen MR) is 84.5 cm³/mol. The SMILES string of the molecule is CCC(CC)(CCO)CNC(=O)Cc1cn2ccsc2n1. The number of imidazole rings is 1. The fourth-order valence-electron chi connectivity index (χ4n) is 2.55.